The second-order valence-electron chi connectivity index (χ2n) is 31.5. The number of hydrogen-bond donors (Lipinski definition) is 0. The summed E-state index contributed by atoms with van der Waals surface area (Å²) in [5, 5.41) is 0. The highest BCUT2D eigenvalue weighted by Crippen LogP contribution is 2.38. The van der Waals surface area contributed by atoms with Crippen LogP contribution < -0.4 is 43.4 Å². The van der Waals surface area contributed by atoms with Crippen molar-refractivity contribution in [2.75, 3.05) is 329 Å². The van der Waals surface area contributed by atoms with Gasteiger partial charge in [-0.25, -0.2) is 0 Å². The monoisotopic (exact) mass is 1610 g/mol. The van der Waals surface area contributed by atoms with E-state index in [0.717, 1.165) is 83.1 Å². The predicted molar refractivity (Wildman–Crippen MR) is 456 cm³/mol. The van der Waals surface area contributed by atoms with Gasteiger partial charge in [-0.3, -0.25) is 0 Å². The zero-order valence-corrected chi connectivity index (χ0v) is 72.3. The lowest BCUT2D eigenvalue weighted by Crippen LogP contribution is -2.34. The molecule has 5 heterocycles. The van der Waals surface area contributed by atoms with Crippen LogP contribution in [0.15, 0.2) is 97.1 Å². The van der Waals surface area contributed by atoms with Crippen LogP contribution >= 0.6 is 0 Å². The van der Waals surface area contributed by atoms with Crippen LogP contribution in [0.5, 0.6) is 23.0 Å². The minimum Gasteiger partial charge on any atom is -0.490 e. The molecule has 5 aromatic carbocycles. The van der Waals surface area contributed by atoms with Crippen molar-refractivity contribution in [2.24, 2.45) is 0 Å². The van der Waals surface area contributed by atoms with Crippen LogP contribution in [0.3, 0.4) is 0 Å². The average molecular weight is 1620 g/mol. The van der Waals surface area contributed by atoms with Crippen molar-refractivity contribution >= 4 is 28.4 Å². The fraction of sp³-hybridized carbons (Fsp3) is 0.667. The van der Waals surface area contributed by atoms with E-state index in [1.807, 2.05) is 0 Å². The van der Waals surface area contributed by atoms with E-state index in [-0.39, 0.29) is 16.2 Å². The minimum atomic E-state index is -0.0407. The lowest BCUT2D eigenvalue weighted by molar-refractivity contribution is -0.0116. The molecule has 0 aliphatic carbocycles. The molecule has 0 atom stereocenters. The van der Waals surface area contributed by atoms with Crippen molar-refractivity contribution in [3.8, 4) is 23.0 Å². The van der Waals surface area contributed by atoms with Crippen molar-refractivity contribution in [2.45, 2.75) is 92.4 Å². The molecule has 0 saturated carbocycles. The summed E-state index contributed by atoms with van der Waals surface area (Å²) < 4.78 is 117. The average Bonchev–Trinajstić information content (AvgIpc) is 0.879. The molecule has 0 unspecified atom stereocenters. The van der Waals surface area contributed by atoms with Crippen LogP contribution in [0.1, 0.15) is 90.1 Å². The van der Waals surface area contributed by atoms with Gasteiger partial charge in [0, 0.05) is 72.3 Å². The molecule has 10 rings (SSSR count). The third kappa shape index (κ3) is 38.1. The van der Waals surface area contributed by atoms with Gasteiger partial charge in [0.1, 0.15) is 49.4 Å². The highest BCUT2D eigenvalue weighted by molar-refractivity contribution is 5.64. The summed E-state index contributed by atoms with van der Waals surface area (Å²) in [5.74, 6) is 3.34. The summed E-state index contributed by atoms with van der Waals surface area (Å²) in [6, 6.07) is 34.6. The number of benzene rings is 5. The van der Waals surface area contributed by atoms with Gasteiger partial charge in [-0.1, -0.05) is 98.7 Å². The topological polar surface area (TPSA) is 201 Å². The number of anilines is 5. The Labute approximate surface area is 689 Å². The Bertz CT molecular complexity index is 3220. The Kier molecular flexibility index (Phi) is 46.2. The van der Waals surface area contributed by atoms with E-state index in [0.29, 0.717) is 264 Å². The number of nitrogens with zero attached hydrogens (tertiary/aromatic N) is 5. The van der Waals surface area contributed by atoms with Gasteiger partial charge >= 0.3 is 0 Å². The van der Waals surface area contributed by atoms with E-state index in [4.69, 9.17) is 94.7 Å². The van der Waals surface area contributed by atoms with Crippen LogP contribution in [-0.2, 0) is 92.0 Å². The summed E-state index contributed by atoms with van der Waals surface area (Å²) in [6.45, 7) is 50.0. The number of methoxy groups -OCH3 is 2. The molecule has 5 aromatic rings. The molecule has 5 aliphatic heterocycles. The second-order valence-corrected chi connectivity index (χ2v) is 31.5. The summed E-state index contributed by atoms with van der Waals surface area (Å²) in [5.41, 5.74) is 11.4. The Morgan fingerprint density at radius 1 is 0.252 bits per heavy atom. The summed E-state index contributed by atoms with van der Waals surface area (Å²) >= 11 is 0. The summed E-state index contributed by atoms with van der Waals surface area (Å²) in [6.07, 6.45) is 0. The van der Waals surface area contributed by atoms with Crippen LogP contribution in [0.25, 0.3) is 0 Å². The molecule has 0 aromatic heterocycles. The molecule has 5 aliphatic rings. The van der Waals surface area contributed by atoms with E-state index in [9.17, 15) is 0 Å². The lowest BCUT2D eigenvalue weighted by Gasteiger charge is -2.30. The SMILES string of the molecule is CC(C)(C)c1ccc(N2CCOCCOCCOCCOCCOCC2)cc1.COCCOc1cc(C(C)(C)C)ccc1N1CCOCCOCCOCCOCCOCC1.COCCOc1cc(C(C)(C)C)ccc1N1CCOc2cc(C)ccc2N2CCOCCOCCN(CCOCCOCC2)c2ccc(C)cc2OCC1. The zero-order chi connectivity index (χ0) is 82.0. The molecule has 25 nitrogen and oxygen atoms in total. The largest absolute Gasteiger partial charge is 0.490 e. The van der Waals surface area contributed by atoms with E-state index in [2.05, 4.69) is 198 Å². The van der Waals surface area contributed by atoms with Crippen LogP contribution in [0.2, 0.25) is 0 Å². The zero-order valence-electron chi connectivity index (χ0n) is 72.3. The number of fused-ring (bicyclic) bond motifs is 20. The van der Waals surface area contributed by atoms with Crippen molar-refractivity contribution in [1.82, 2.24) is 0 Å². The van der Waals surface area contributed by atoms with Gasteiger partial charge in [0.05, 0.1) is 234 Å². The quantitative estimate of drug-likeness (QED) is 0.0892. The Balaban J connectivity index is 0.000000257. The molecule has 0 spiro atoms. The van der Waals surface area contributed by atoms with Gasteiger partial charge in [-0.15, -0.1) is 0 Å². The fourth-order valence-corrected chi connectivity index (χ4v) is 12.7. The molecule has 3 saturated heterocycles. The standard InChI is InChI=1S/C43H63N3O8.C25H43NO7.C22H37NO5/c1-34-7-10-37-40(31-34)52-23-17-46(39-12-9-36(43(3,4)5)33-42(39)54-30-25-47-6)18-24-53-41-32-35(2)8-11-38(41)45-15-21-50-28-26-48-19-13-44(37)14-20-49-27-29-51-22-16-45;1-25(2,3)22-5-6-23(24(21-22)33-20-11-27-4)26-7-9-28-12-14-30-16-18-32-19-17-31-15-13-29-10-8-26;1-22(2,3)20-4-6-21(7-5-20)23-8-10-24-12-14-26-16-18-28-19-17-27-15-13-25-11-9-23/h7-12,31-33H,13-30H2,1-6H3;5-6,21H,7-20H2,1-4H3;4-7H,8-19H2,1-3H3. The van der Waals surface area contributed by atoms with Gasteiger partial charge in [-0.05, 0) is 119 Å². The molecule has 648 valence electrons. The maximum atomic E-state index is 6.69. The van der Waals surface area contributed by atoms with Crippen LogP contribution in [0, 0.1) is 13.8 Å². The number of aryl methyl sites for hydroxylation is 2. The maximum Gasteiger partial charge on any atom is 0.143 e. The number of ether oxygens (including phenoxy) is 20. The van der Waals surface area contributed by atoms with E-state index in [1.54, 1.807) is 14.2 Å². The van der Waals surface area contributed by atoms with Gasteiger partial charge in [0.15, 0.2) is 0 Å². The van der Waals surface area contributed by atoms with Crippen molar-refractivity contribution in [3.05, 3.63) is 125 Å². The molecule has 25 heteroatoms. The van der Waals surface area contributed by atoms with E-state index in [1.165, 1.54) is 22.4 Å². The Morgan fingerprint density at radius 2 is 0.487 bits per heavy atom. The van der Waals surface area contributed by atoms with Crippen molar-refractivity contribution in [3.63, 3.8) is 0 Å². The lowest BCUT2D eigenvalue weighted by atomic mass is 9.87. The third-order valence-electron chi connectivity index (χ3n) is 19.4. The van der Waals surface area contributed by atoms with Gasteiger partial charge < -0.3 is 119 Å². The summed E-state index contributed by atoms with van der Waals surface area (Å²) in [4.78, 5) is 11.5. The van der Waals surface area contributed by atoms with Gasteiger partial charge in [0.25, 0.3) is 0 Å². The predicted octanol–water partition coefficient (Wildman–Crippen LogP) is 12.1. The van der Waals surface area contributed by atoms with E-state index >= 15 is 0 Å². The fourth-order valence-electron chi connectivity index (χ4n) is 12.7. The van der Waals surface area contributed by atoms with Gasteiger partial charge in [0.2, 0.25) is 0 Å². The Morgan fingerprint density at radius 3 is 0.757 bits per heavy atom. The molecule has 0 radical (unpaired) electrons. The first-order valence-electron chi connectivity index (χ1n) is 41.8. The van der Waals surface area contributed by atoms with Crippen molar-refractivity contribution in [1.29, 1.82) is 0 Å². The molecule has 3 fully saturated rings. The molecule has 0 N–H and O–H groups in total. The molecule has 115 heavy (non-hydrogen) atoms. The first-order chi connectivity index (χ1) is 55.8. The summed E-state index contributed by atoms with van der Waals surface area (Å²) in [7, 11) is 3.37. The first kappa shape index (κ1) is 95.8. The van der Waals surface area contributed by atoms with E-state index < -0.39 is 0 Å². The smallest absolute Gasteiger partial charge is 0.143 e. The minimum absolute atomic E-state index is 0.0303. The maximum absolute atomic E-state index is 6.69. The molecule has 0 amide bonds. The molecule has 2 bridgehead atoms. The number of rotatable bonds is 11. The van der Waals surface area contributed by atoms with Gasteiger partial charge in [-0.2, -0.15) is 0 Å². The first-order valence-corrected chi connectivity index (χ1v) is 41.8. The number of hydrogen-bond acceptors (Lipinski definition) is 25. The van der Waals surface area contributed by atoms with Crippen LogP contribution in [0.4, 0.5) is 28.4 Å². The van der Waals surface area contributed by atoms with Crippen LogP contribution in [-0.4, -0.2) is 304 Å². The normalized spacial score (nSPS) is 18.8. The highest BCUT2D eigenvalue weighted by Gasteiger charge is 2.25. The Hall–Kier alpha value is -6.34. The van der Waals surface area contributed by atoms with Crippen molar-refractivity contribution < 1.29 is 94.7 Å². The second kappa shape index (κ2) is 55.4. The third-order valence-corrected chi connectivity index (χ3v) is 19.4. The highest BCUT2D eigenvalue weighted by atomic mass is 16.6. The molecular weight excluding hydrogens is 1470 g/mol. The molecular formula is C90H143N5O20.